The average molecular weight is 654 g/mol. The molecule has 10 nitrogen and oxygen atoms in total. The second-order valence-corrected chi connectivity index (χ2v) is 14.5. The van der Waals surface area contributed by atoms with Gasteiger partial charge >= 0.3 is 6.09 Å². The van der Waals surface area contributed by atoms with E-state index in [1.54, 1.807) is 4.31 Å². The monoisotopic (exact) mass is 653 g/mol. The van der Waals surface area contributed by atoms with Crippen molar-refractivity contribution in [1.29, 1.82) is 0 Å². The van der Waals surface area contributed by atoms with Crippen LogP contribution in [0.1, 0.15) is 68.4 Å². The molecule has 3 fully saturated rings. The van der Waals surface area contributed by atoms with Gasteiger partial charge in [0.1, 0.15) is 17.7 Å². The Morgan fingerprint density at radius 1 is 1.09 bits per heavy atom. The molecule has 1 unspecified atom stereocenters. The highest BCUT2D eigenvalue weighted by atomic mass is 35.5. The van der Waals surface area contributed by atoms with Gasteiger partial charge in [-0.05, 0) is 73.8 Å². The van der Waals surface area contributed by atoms with Gasteiger partial charge in [0.25, 0.3) is 0 Å². The molecule has 1 aromatic heterocycles. The van der Waals surface area contributed by atoms with Crippen LogP contribution in [-0.2, 0) is 14.8 Å². The van der Waals surface area contributed by atoms with Crippen molar-refractivity contribution in [3.8, 4) is 0 Å². The average Bonchev–Trinajstić information content (AvgIpc) is 3.09. The van der Waals surface area contributed by atoms with Crippen LogP contribution in [0.4, 0.5) is 13.6 Å². The molecule has 2 aromatic rings. The van der Waals surface area contributed by atoms with E-state index in [9.17, 15) is 31.9 Å². The number of halogens is 3. The highest BCUT2D eigenvalue weighted by Crippen LogP contribution is 2.34. The van der Waals surface area contributed by atoms with E-state index in [-0.39, 0.29) is 45.9 Å². The molecule has 1 saturated carbocycles. The summed E-state index contributed by atoms with van der Waals surface area (Å²) in [6.07, 6.45) is 6.94. The minimum Gasteiger partial charge on any atom is -0.465 e. The maximum Gasteiger partial charge on any atom is 0.405 e. The number of nitrogens with zero attached hydrogens (tertiary/aromatic N) is 2. The molecule has 5 rings (SSSR count). The number of nitrogens with one attached hydrogen (secondary N) is 3. The normalized spacial score (nSPS) is 27.8. The summed E-state index contributed by atoms with van der Waals surface area (Å²) >= 11 is 5.89. The lowest BCUT2D eigenvalue weighted by molar-refractivity contribution is -0.124. The zero-order valence-corrected chi connectivity index (χ0v) is 25.8. The fourth-order valence-corrected chi connectivity index (χ4v) is 8.91. The molecule has 2 amide bonds. The topological polar surface area (TPSA) is 141 Å². The number of amides is 2. The van der Waals surface area contributed by atoms with E-state index in [2.05, 4.69) is 20.9 Å². The summed E-state index contributed by atoms with van der Waals surface area (Å²) in [6.45, 7) is 1.06. The maximum atomic E-state index is 14.6. The Morgan fingerprint density at radius 2 is 1.89 bits per heavy atom. The van der Waals surface area contributed by atoms with E-state index in [0.29, 0.717) is 38.8 Å². The summed E-state index contributed by atoms with van der Waals surface area (Å²) in [7, 11) is -3.33. The molecule has 44 heavy (non-hydrogen) atoms. The number of rotatable bonds is 9. The van der Waals surface area contributed by atoms with Gasteiger partial charge in [0, 0.05) is 43.3 Å². The predicted octanol–water partition coefficient (Wildman–Crippen LogP) is 4.00. The quantitative estimate of drug-likeness (QED) is 0.321. The van der Waals surface area contributed by atoms with Gasteiger partial charge in [-0.25, -0.2) is 22.0 Å². The third kappa shape index (κ3) is 7.67. The molecule has 2 saturated heterocycles. The second-order valence-electron chi connectivity index (χ2n) is 12.0. The highest BCUT2D eigenvalue weighted by molar-refractivity contribution is 7.89. The van der Waals surface area contributed by atoms with Crippen LogP contribution in [0.25, 0.3) is 0 Å². The first-order valence-electron chi connectivity index (χ1n) is 15.1. The molecular formula is C30H38ClF2N5O5S. The molecule has 3 aliphatic rings. The highest BCUT2D eigenvalue weighted by Gasteiger charge is 2.40. The van der Waals surface area contributed by atoms with Crippen molar-refractivity contribution < 1.29 is 31.9 Å². The molecular weight excluding hydrogens is 616 g/mol. The SMILES string of the molecule is O=C(O)N[C@H](C(=O)N[C@H]1CCCC[C@@H]1CC[C@H]1CN[C@@H]2CCCS(=O)(=O)N1C2)[C@H](c1cncc(F)c1)c1ccc(Cl)c(F)c1. The number of pyridine rings is 1. The van der Waals surface area contributed by atoms with Crippen LogP contribution in [-0.4, -0.2) is 77.8 Å². The standard InChI is InChI=1S/C30H38ClF2N5O5S/c31-24-10-8-19(13-25(24)33)27(20-12-21(32)15-34-14-20)28(37-30(40)41)29(39)36-26-6-2-1-4-18(26)7-9-23-16-35-22-5-3-11-44(42,43)38(23)17-22/h8,10,12-15,18,22-23,26-28,35,37H,1-7,9,11,16-17H2,(H,36,39)(H,40,41)/t18-,22-,23+,26+,27+,28+/m1/s1. The van der Waals surface area contributed by atoms with Gasteiger partial charge < -0.3 is 21.1 Å². The van der Waals surface area contributed by atoms with Crippen LogP contribution in [0.2, 0.25) is 5.02 Å². The summed E-state index contributed by atoms with van der Waals surface area (Å²) in [5.74, 6) is -3.01. The number of sulfonamides is 1. The van der Waals surface area contributed by atoms with Gasteiger partial charge in [-0.3, -0.25) is 9.78 Å². The largest absolute Gasteiger partial charge is 0.465 e. The van der Waals surface area contributed by atoms with Crippen LogP contribution in [0.15, 0.2) is 36.7 Å². The molecule has 0 spiro atoms. The lowest BCUT2D eigenvalue weighted by Crippen LogP contribution is -2.57. The zero-order valence-electron chi connectivity index (χ0n) is 24.2. The smallest absolute Gasteiger partial charge is 0.405 e. The third-order valence-corrected chi connectivity index (χ3v) is 11.4. The summed E-state index contributed by atoms with van der Waals surface area (Å²) in [5.41, 5.74) is 0.401. The van der Waals surface area contributed by atoms with Crippen LogP contribution < -0.4 is 16.0 Å². The van der Waals surface area contributed by atoms with Crippen molar-refractivity contribution >= 4 is 33.6 Å². The first-order valence-corrected chi connectivity index (χ1v) is 17.1. The van der Waals surface area contributed by atoms with Crippen LogP contribution in [0.5, 0.6) is 0 Å². The maximum absolute atomic E-state index is 14.6. The van der Waals surface area contributed by atoms with Crippen LogP contribution in [0.3, 0.4) is 0 Å². The molecule has 7 atom stereocenters. The van der Waals surface area contributed by atoms with E-state index < -0.39 is 45.6 Å². The number of hydrogen-bond donors (Lipinski definition) is 4. The Balaban J connectivity index is 1.36. The number of hydrogen-bond acceptors (Lipinski definition) is 6. The first kappa shape index (κ1) is 32.5. The Labute approximate surface area is 261 Å². The lowest BCUT2D eigenvalue weighted by atomic mass is 9.80. The van der Waals surface area contributed by atoms with Gasteiger partial charge in [-0.2, -0.15) is 4.31 Å². The molecule has 0 radical (unpaired) electrons. The first-order chi connectivity index (χ1) is 21.0. The Bertz CT molecular complexity index is 1470. The van der Waals surface area contributed by atoms with E-state index >= 15 is 0 Å². The van der Waals surface area contributed by atoms with Gasteiger partial charge in [0.05, 0.1) is 17.0 Å². The van der Waals surface area contributed by atoms with Gasteiger partial charge in [-0.1, -0.05) is 30.5 Å². The van der Waals surface area contributed by atoms with E-state index in [0.717, 1.165) is 44.0 Å². The van der Waals surface area contributed by atoms with Crippen LogP contribution >= 0.6 is 11.6 Å². The second kappa shape index (κ2) is 14.1. The molecule has 240 valence electrons. The molecule has 14 heteroatoms. The van der Waals surface area contributed by atoms with Crippen molar-refractivity contribution in [2.75, 3.05) is 18.8 Å². The van der Waals surface area contributed by atoms with Crippen molar-refractivity contribution in [1.82, 2.24) is 25.2 Å². The third-order valence-electron chi connectivity index (χ3n) is 9.15. The summed E-state index contributed by atoms with van der Waals surface area (Å²) in [6, 6.07) is 3.27. The van der Waals surface area contributed by atoms with E-state index in [1.165, 1.54) is 18.3 Å². The van der Waals surface area contributed by atoms with Gasteiger partial charge in [0.2, 0.25) is 15.9 Å². The lowest BCUT2D eigenvalue weighted by Gasteiger charge is -2.39. The Kier molecular flexibility index (Phi) is 10.4. The van der Waals surface area contributed by atoms with Crippen LogP contribution in [0, 0.1) is 17.6 Å². The Hall–Kier alpha value is -2.87. The minimum absolute atomic E-state index is 0.0489. The summed E-state index contributed by atoms with van der Waals surface area (Å²) < 4.78 is 56.4. The number of carbonyl (C=O) groups excluding carboxylic acids is 1. The number of aromatic nitrogens is 1. The van der Waals surface area contributed by atoms with Gasteiger partial charge in [0.15, 0.2) is 0 Å². The summed E-state index contributed by atoms with van der Waals surface area (Å²) in [4.78, 5) is 29.7. The molecule has 2 bridgehead atoms. The predicted molar refractivity (Wildman–Crippen MR) is 161 cm³/mol. The summed E-state index contributed by atoms with van der Waals surface area (Å²) in [5, 5.41) is 18.4. The van der Waals surface area contributed by atoms with Crippen molar-refractivity contribution in [3.05, 3.63) is 64.4 Å². The van der Waals surface area contributed by atoms with Crippen molar-refractivity contribution in [2.24, 2.45) is 5.92 Å². The minimum atomic E-state index is -3.33. The number of carbonyl (C=O) groups is 2. The number of carboxylic acid groups (broad SMARTS) is 1. The van der Waals surface area contributed by atoms with Crippen molar-refractivity contribution in [2.45, 2.75) is 81.5 Å². The number of fused-ring (bicyclic) bond motifs is 2. The fraction of sp³-hybridized carbons (Fsp3) is 0.567. The van der Waals surface area contributed by atoms with Gasteiger partial charge in [-0.15, -0.1) is 0 Å². The molecule has 1 aliphatic carbocycles. The molecule has 2 aliphatic heterocycles. The Morgan fingerprint density at radius 3 is 2.64 bits per heavy atom. The number of piperazine rings is 1. The zero-order chi connectivity index (χ0) is 31.4. The fourth-order valence-electron chi connectivity index (χ4n) is 6.98. The number of benzene rings is 1. The van der Waals surface area contributed by atoms with E-state index in [4.69, 9.17) is 11.6 Å². The van der Waals surface area contributed by atoms with Crippen molar-refractivity contribution in [3.63, 3.8) is 0 Å². The molecule has 1 aromatic carbocycles. The molecule has 3 heterocycles. The van der Waals surface area contributed by atoms with E-state index in [1.807, 2.05) is 0 Å². The molecule has 4 N–H and O–H groups in total.